The van der Waals surface area contributed by atoms with Crippen molar-refractivity contribution >= 4 is 0 Å². The van der Waals surface area contributed by atoms with Crippen molar-refractivity contribution in [2.24, 2.45) is 5.92 Å². The summed E-state index contributed by atoms with van der Waals surface area (Å²) in [5.41, 5.74) is 0. The highest BCUT2D eigenvalue weighted by Crippen LogP contribution is 2.22. The van der Waals surface area contributed by atoms with Gasteiger partial charge in [-0.3, -0.25) is 0 Å². The van der Waals surface area contributed by atoms with E-state index in [-0.39, 0.29) is 0 Å². The van der Waals surface area contributed by atoms with Gasteiger partial charge in [-0.25, -0.2) is 0 Å². The van der Waals surface area contributed by atoms with Crippen LogP contribution in [-0.2, 0) is 0 Å². The van der Waals surface area contributed by atoms with Crippen molar-refractivity contribution in [3.05, 3.63) is 6.92 Å². The lowest BCUT2D eigenvalue weighted by Gasteiger charge is -2.14. The van der Waals surface area contributed by atoms with Gasteiger partial charge in [-0.15, -0.1) is 0 Å². The molecule has 0 amide bonds. The first-order chi connectivity index (χ1) is 14.3. The van der Waals surface area contributed by atoms with Crippen molar-refractivity contribution in [2.75, 3.05) is 0 Å². The third-order valence-electron chi connectivity index (χ3n) is 6.84. The summed E-state index contributed by atoms with van der Waals surface area (Å²) in [5, 5.41) is 0. The highest BCUT2D eigenvalue weighted by molar-refractivity contribution is 4.62. The Kier molecular flexibility index (Phi) is 26.0. The molecule has 1 unspecified atom stereocenters. The number of rotatable bonds is 25. The average Bonchev–Trinajstić information content (AvgIpc) is 2.74. The minimum atomic E-state index is 0.910. The molecule has 0 spiro atoms. The Bertz CT molecular complexity index is 269. The standard InChI is InChI=1S/C29H59/c1-4-7-9-11-13-15-16-17-18-20-22-24-26-28-29(6-3)27-25-23-21-19-14-12-10-8-5-2/h29H,3-28H2,1-2H3. The van der Waals surface area contributed by atoms with Crippen LogP contribution in [0.25, 0.3) is 0 Å². The monoisotopic (exact) mass is 407 g/mol. The summed E-state index contributed by atoms with van der Waals surface area (Å²) in [4.78, 5) is 0. The van der Waals surface area contributed by atoms with Crippen LogP contribution in [0.15, 0.2) is 0 Å². The minimum absolute atomic E-state index is 0.910. The second kappa shape index (κ2) is 26.0. The lowest BCUT2D eigenvalue weighted by Crippen LogP contribution is -1.99. The molecule has 0 aromatic rings. The smallest absolute Gasteiger partial charge is 0.0414 e. The molecular weight excluding hydrogens is 348 g/mol. The maximum atomic E-state index is 4.22. The zero-order chi connectivity index (χ0) is 21.3. The van der Waals surface area contributed by atoms with Gasteiger partial charge in [-0.1, -0.05) is 181 Å². The van der Waals surface area contributed by atoms with E-state index in [2.05, 4.69) is 20.8 Å². The molecule has 0 heteroatoms. The van der Waals surface area contributed by atoms with Gasteiger partial charge in [0.2, 0.25) is 0 Å². The summed E-state index contributed by atoms with van der Waals surface area (Å²) in [5.74, 6) is 0.910. The molecule has 0 aliphatic carbocycles. The van der Waals surface area contributed by atoms with E-state index < -0.39 is 0 Å². The molecule has 29 heavy (non-hydrogen) atoms. The minimum Gasteiger partial charge on any atom is -0.0654 e. The van der Waals surface area contributed by atoms with Crippen molar-refractivity contribution < 1.29 is 0 Å². The molecule has 1 radical (unpaired) electrons. The zero-order valence-corrected chi connectivity index (χ0v) is 21.0. The Hall–Kier alpha value is 0. The number of unbranched alkanes of at least 4 members (excludes halogenated alkanes) is 20. The van der Waals surface area contributed by atoms with E-state index >= 15 is 0 Å². The predicted octanol–water partition coefficient (Wildman–Crippen LogP) is 11.2. The fraction of sp³-hybridized carbons (Fsp3) is 0.966. The molecule has 0 saturated carbocycles. The maximum Gasteiger partial charge on any atom is -0.0414 e. The van der Waals surface area contributed by atoms with Gasteiger partial charge in [0.15, 0.2) is 0 Å². The molecule has 175 valence electrons. The van der Waals surface area contributed by atoms with Crippen molar-refractivity contribution in [2.45, 2.75) is 174 Å². The highest BCUT2D eigenvalue weighted by atomic mass is 14.1. The summed E-state index contributed by atoms with van der Waals surface area (Å²) >= 11 is 0. The second-order valence-electron chi connectivity index (χ2n) is 9.80. The van der Waals surface area contributed by atoms with Crippen LogP contribution in [-0.4, -0.2) is 0 Å². The lowest BCUT2D eigenvalue weighted by atomic mass is 9.92. The van der Waals surface area contributed by atoms with Crippen LogP contribution in [0.1, 0.15) is 174 Å². The van der Waals surface area contributed by atoms with Crippen LogP contribution >= 0.6 is 0 Å². The molecular formula is C29H59. The molecule has 0 N–H and O–H groups in total. The first-order valence-electron chi connectivity index (χ1n) is 14.1. The SMILES string of the molecule is [CH2]CC(CCCCCCCCCCC)CCCCCCCCCCCCCCC. The molecule has 0 bridgehead atoms. The van der Waals surface area contributed by atoms with E-state index in [4.69, 9.17) is 0 Å². The third-order valence-corrected chi connectivity index (χ3v) is 6.84. The largest absolute Gasteiger partial charge is 0.0654 e. The van der Waals surface area contributed by atoms with Gasteiger partial charge in [0.05, 0.1) is 0 Å². The summed E-state index contributed by atoms with van der Waals surface area (Å²) < 4.78 is 0. The highest BCUT2D eigenvalue weighted by Gasteiger charge is 2.06. The van der Waals surface area contributed by atoms with Crippen molar-refractivity contribution in [3.63, 3.8) is 0 Å². The number of hydrogen-bond acceptors (Lipinski definition) is 0. The lowest BCUT2D eigenvalue weighted by molar-refractivity contribution is 0.404. The zero-order valence-electron chi connectivity index (χ0n) is 21.0. The van der Waals surface area contributed by atoms with Gasteiger partial charge in [0, 0.05) is 0 Å². The fourth-order valence-corrected chi connectivity index (χ4v) is 4.63. The van der Waals surface area contributed by atoms with Crippen LogP contribution in [0.2, 0.25) is 0 Å². The Morgan fingerprint density at radius 3 is 0.862 bits per heavy atom. The maximum absolute atomic E-state index is 4.22. The molecule has 0 saturated heterocycles. The van der Waals surface area contributed by atoms with Crippen LogP contribution < -0.4 is 0 Å². The van der Waals surface area contributed by atoms with Gasteiger partial charge < -0.3 is 0 Å². The van der Waals surface area contributed by atoms with E-state index in [9.17, 15) is 0 Å². The molecule has 1 atom stereocenters. The van der Waals surface area contributed by atoms with Gasteiger partial charge >= 0.3 is 0 Å². The predicted molar refractivity (Wildman–Crippen MR) is 136 cm³/mol. The van der Waals surface area contributed by atoms with Crippen LogP contribution in [0.5, 0.6) is 0 Å². The molecule has 0 aliphatic rings. The molecule has 0 aromatic heterocycles. The van der Waals surface area contributed by atoms with Crippen molar-refractivity contribution in [1.82, 2.24) is 0 Å². The first-order valence-corrected chi connectivity index (χ1v) is 14.1. The summed E-state index contributed by atoms with van der Waals surface area (Å²) in [6.45, 7) is 8.83. The Morgan fingerprint density at radius 1 is 0.379 bits per heavy atom. The Labute approximate surface area is 187 Å². The van der Waals surface area contributed by atoms with Crippen LogP contribution in [0, 0.1) is 12.8 Å². The van der Waals surface area contributed by atoms with Crippen LogP contribution in [0.3, 0.4) is 0 Å². The fourth-order valence-electron chi connectivity index (χ4n) is 4.63. The Balaban J connectivity index is 3.26. The van der Waals surface area contributed by atoms with Gasteiger partial charge in [-0.2, -0.15) is 0 Å². The van der Waals surface area contributed by atoms with E-state index in [1.54, 1.807) is 0 Å². The summed E-state index contributed by atoms with van der Waals surface area (Å²) in [6.07, 6.45) is 36.1. The summed E-state index contributed by atoms with van der Waals surface area (Å²) in [6, 6.07) is 0. The molecule has 0 rings (SSSR count). The molecule has 0 aromatic carbocycles. The van der Waals surface area contributed by atoms with E-state index in [1.165, 1.54) is 154 Å². The van der Waals surface area contributed by atoms with E-state index in [0.717, 1.165) is 12.3 Å². The van der Waals surface area contributed by atoms with Gasteiger partial charge in [0.1, 0.15) is 0 Å². The normalized spacial score (nSPS) is 12.5. The quantitative estimate of drug-likeness (QED) is 0.132. The topological polar surface area (TPSA) is 0 Å². The first kappa shape index (κ1) is 29.0. The number of hydrogen-bond donors (Lipinski definition) is 0. The van der Waals surface area contributed by atoms with Gasteiger partial charge in [-0.05, 0) is 5.92 Å². The average molecular weight is 408 g/mol. The van der Waals surface area contributed by atoms with Crippen molar-refractivity contribution in [1.29, 1.82) is 0 Å². The molecule has 0 fully saturated rings. The second-order valence-corrected chi connectivity index (χ2v) is 9.80. The Morgan fingerprint density at radius 2 is 0.621 bits per heavy atom. The van der Waals surface area contributed by atoms with Crippen LogP contribution in [0.4, 0.5) is 0 Å². The van der Waals surface area contributed by atoms with Crippen molar-refractivity contribution in [3.8, 4) is 0 Å². The molecule has 0 aliphatic heterocycles. The molecule has 0 nitrogen and oxygen atoms in total. The van der Waals surface area contributed by atoms with E-state index in [1.807, 2.05) is 0 Å². The van der Waals surface area contributed by atoms with E-state index in [0.29, 0.717) is 0 Å². The van der Waals surface area contributed by atoms with Gasteiger partial charge in [0.25, 0.3) is 0 Å². The molecule has 0 heterocycles. The third kappa shape index (κ3) is 24.1. The summed E-state index contributed by atoms with van der Waals surface area (Å²) in [7, 11) is 0.